The van der Waals surface area contributed by atoms with Crippen LogP contribution in [0.2, 0.25) is 5.02 Å². The van der Waals surface area contributed by atoms with E-state index in [2.05, 4.69) is 16.2 Å². The zero-order chi connectivity index (χ0) is 18.2. The van der Waals surface area contributed by atoms with E-state index in [1.54, 1.807) is 18.2 Å². The smallest absolute Gasteiger partial charge is 0.338 e. The molecule has 0 saturated carbocycles. The molecular formula is C17H18ClN3O4. The average Bonchev–Trinajstić information content (AvgIpc) is 2.59. The standard InChI is InChI=1S/C17H18ClN3O4/c1-2-8-25-15-7-6-12(18)10-14(15)19-17(24)21-20-16(23)11-4-3-5-13(22)9-11/h3-7,9-10,22H,2,8H2,1H3,(H,20,23)(H2,19,21,24). The summed E-state index contributed by atoms with van der Waals surface area (Å²) in [5, 5.41) is 12.3. The first kappa shape index (κ1) is 18.4. The first-order valence-corrected chi connectivity index (χ1v) is 7.96. The van der Waals surface area contributed by atoms with E-state index in [1.807, 2.05) is 6.92 Å². The number of aromatic hydroxyl groups is 1. The highest BCUT2D eigenvalue weighted by atomic mass is 35.5. The van der Waals surface area contributed by atoms with Crippen molar-refractivity contribution in [2.75, 3.05) is 11.9 Å². The van der Waals surface area contributed by atoms with E-state index in [-0.39, 0.29) is 11.3 Å². The Hall–Kier alpha value is -2.93. The molecule has 0 atom stereocenters. The van der Waals surface area contributed by atoms with Crippen LogP contribution in [-0.2, 0) is 0 Å². The van der Waals surface area contributed by atoms with Gasteiger partial charge >= 0.3 is 6.03 Å². The fourth-order valence-electron chi connectivity index (χ4n) is 1.92. The van der Waals surface area contributed by atoms with Gasteiger partial charge < -0.3 is 15.2 Å². The van der Waals surface area contributed by atoms with Crippen LogP contribution >= 0.6 is 11.6 Å². The van der Waals surface area contributed by atoms with Gasteiger partial charge in [-0.1, -0.05) is 24.6 Å². The fraction of sp³-hybridized carbons (Fsp3) is 0.176. The summed E-state index contributed by atoms with van der Waals surface area (Å²) in [5.74, 6) is -0.144. The van der Waals surface area contributed by atoms with Gasteiger partial charge in [-0.05, 0) is 42.8 Å². The molecule has 25 heavy (non-hydrogen) atoms. The minimum Gasteiger partial charge on any atom is -0.508 e. The number of phenolic OH excluding ortho intramolecular Hbond substituents is 1. The predicted octanol–water partition coefficient (Wildman–Crippen LogP) is 3.30. The van der Waals surface area contributed by atoms with Crippen molar-refractivity contribution in [1.82, 2.24) is 10.9 Å². The van der Waals surface area contributed by atoms with Crippen molar-refractivity contribution in [3.63, 3.8) is 0 Å². The van der Waals surface area contributed by atoms with Gasteiger partial charge in [0, 0.05) is 10.6 Å². The molecule has 3 amide bonds. The number of urea groups is 1. The lowest BCUT2D eigenvalue weighted by molar-refractivity contribution is 0.0937. The fourth-order valence-corrected chi connectivity index (χ4v) is 2.10. The van der Waals surface area contributed by atoms with Crippen LogP contribution in [0, 0.1) is 0 Å². The van der Waals surface area contributed by atoms with E-state index in [0.29, 0.717) is 23.1 Å². The van der Waals surface area contributed by atoms with Crippen LogP contribution in [0.25, 0.3) is 0 Å². The summed E-state index contributed by atoms with van der Waals surface area (Å²) in [5.41, 5.74) is 5.04. The van der Waals surface area contributed by atoms with E-state index < -0.39 is 11.9 Å². The van der Waals surface area contributed by atoms with Gasteiger partial charge in [0.2, 0.25) is 0 Å². The number of carbonyl (C=O) groups excluding carboxylic acids is 2. The van der Waals surface area contributed by atoms with E-state index >= 15 is 0 Å². The molecule has 0 spiro atoms. The van der Waals surface area contributed by atoms with Crippen molar-refractivity contribution >= 4 is 29.2 Å². The molecule has 4 N–H and O–H groups in total. The van der Waals surface area contributed by atoms with Crippen LogP contribution < -0.4 is 20.9 Å². The molecule has 0 aromatic heterocycles. The lowest BCUT2D eigenvalue weighted by atomic mass is 10.2. The number of hydrogen-bond donors (Lipinski definition) is 4. The molecule has 2 aromatic rings. The van der Waals surface area contributed by atoms with E-state index in [9.17, 15) is 14.7 Å². The maximum absolute atomic E-state index is 12.0. The monoisotopic (exact) mass is 363 g/mol. The van der Waals surface area contributed by atoms with Gasteiger partial charge in [0.15, 0.2) is 0 Å². The van der Waals surface area contributed by atoms with Crippen molar-refractivity contribution < 1.29 is 19.4 Å². The van der Waals surface area contributed by atoms with E-state index in [1.165, 1.54) is 24.3 Å². The zero-order valence-corrected chi connectivity index (χ0v) is 14.3. The summed E-state index contributed by atoms with van der Waals surface area (Å²) in [4.78, 5) is 23.9. The van der Waals surface area contributed by atoms with Crippen LogP contribution in [-0.4, -0.2) is 23.7 Å². The van der Waals surface area contributed by atoms with Crippen molar-refractivity contribution in [2.45, 2.75) is 13.3 Å². The normalized spacial score (nSPS) is 10.0. The highest BCUT2D eigenvalue weighted by Crippen LogP contribution is 2.28. The quantitative estimate of drug-likeness (QED) is 0.612. The zero-order valence-electron chi connectivity index (χ0n) is 13.5. The van der Waals surface area contributed by atoms with E-state index in [4.69, 9.17) is 16.3 Å². The van der Waals surface area contributed by atoms with Gasteiger partial charge in [-0.15, -0.1) is 0 Å². The Bertz CT molecular complexity index is 767. The first-order chi connectivity index (χ1) is 12.0. The summed E-state index contributed by atoms with van der Waals surface area (Å²) >= 11 is 5.94. The van der Waals surface area contributed by atoms with Gasteiger partial charge in [-0.25, -0.2) is 10.2 Å². The minimum absolute atomic E-state index is 0.0475. The number of carbonyl (C=O) groups is 2. The number of ether oxygens (including phenoxy) is 1. The Kier molecular flexibility index (Phi) is 6.47. The maximum Gasteiger partial charge on any atom is 0.338 e. The lowest BCUT2D eigenvalue weighted by Crippen LogP contribution is -2.43. The molecule has 0 radical (unpaired) electrons. The molecule has 0 fully saturated rings. The predicted molar refractivity (Wildman–Crippen MR) is 95.0 cm³/mol. The molecule has 0 bridgehead atoms. The van der Waals surface area contributed by atoms with Gasteiger partial charge in [0.05, 0.1) is 12.3 Å². The maximum atomic E-state index is 12.0. The minimum atomic E-state index is -0.669. The van der Waals surface area contributed by atoms with Crippen molar-refractivity contribution in [1.29, 1.82) is 0 Å². The van der Waals surface area contributed by atoms with Gasteiger partial charge in [0.25, 0.3) is 5.91 Å². The third-order valence-corrected chi connectivity index (χ3v) is 3.28. The summed E-state index contributed by atoms with van der Waals surface area (Å²) in [6, 6.07) is 9.92. The van der Waals surface area contributed by atoms with Crippen LogP contribution in [0.1, 0.15) is 23.7 Å². The van der Waals surface area contributed by atoms with Gasteiger partial charge in [-0.3, -0.25) is 10.2 Å². The van der Waals surface area contributed by atoms with E-state index in [0.717, 1.165) is 6.42 Å². The van der Waals surface area contributed by atoms with Crippen LogP contribution in [0.4, 0.5) is 10.5 Å². The summed E-state index contributed by atoms with van der Waals surface area (Å²) in [6.07, 6.45) is 0.814. The molecule has 132 valence electrons. The summed E-state index contributed by atoms with van der Waals surface area (Å²) < 4.78 is 5.53. The molecule has 0 aliphatic rings. The molecule has 8 heteroatoms. The topological polar surface area (TPSA) is 99.7 Å². The molecule has 2 aromatic carbocycles. The lowest BCUT2D eigenvalue weighted by Gasteiger charge is -2.13. The molecule has 0 aliphatic heterocycles. The summed E-state index contributed by atoms with van der Waals surface area (Å²) in [6.45, 7) is 2.46. The van der Waals surface area contributed by atoms with Crippen molar-refractivity contribution in [2.24, 2.45) is 0 Å². The third-order valence-electron chi connectivity index (χ3n) is 3.05. The van der Waals surface area contributed by atoms with Crippen LogP contribution in [0.15, 0.2) is 42.5 Å². The van der Waals surface area contributed by atoms with Crippen LogP contribution in [0.5, 0.6) is 11.5 Å². The van der Waals surface area contributed by atoms with Crippen LogP contribution in [0.3, 0.4) is 0 Å². The number of benzene rings is 2. The Morgan fingerprint density at radius 2 is 1.96 bits per heavy atom. The number of phenols is 1. The van der Waals surface area contributed by atoms with Crippen molar-refractivity contribution in [3.05, 3.63) is 53.1 Å². The first-order valence-electron chi connectivity index (χ1n) is 7.58. The molecule has 0 saturated heterocycles. The van der Waals surface area contributed by atoms with Gasteiger partial charge in [0.1, 0.15) is 11.5 Å². The number of hydrazine groups is 1. The number of amides is 3. The molecule has 7 nitrogen and oxygen atoms in total. The molecule has 2 rings (SSSR count). The number of halogens is 1. The Morgan fingerprint density at radius 1 is 1.16 bits per heavy atom. The molecular weight excluding hydrogens is 346 g/mol. The molecule has 0 aliphatic carbocycles. The van der Waals surface area contributed by atoms with Gasteiger partial charge in [-0.2, -0.15) is 0 Å². The third kappa shape index (κ3) is 5.58. The number of anilines is 1. The Balaban J connectivity index is 1.96. The molecule has 0 unspecified atom stereocenters. The largest absolute Gasteiger partial charge is 0.508 e. The highest BCUT2D eigenvalue weighted by Gasteiger charge is 2.11. The molecule has 0 heterocycles. The second-order valence-corrected chi connectivity index (χ2v) is 5.51. The number of nitrogens with one attached hydrogen (secondary N) is 3. The average molecular weight is 364 g/mol. The SMILES string of the molecule is CCCOc1ccc(Cl)cc1NC(=O)NNC(=O)c1cccc(O)c1. The Morgan fingerprint density at radius 3 is 2.68 bits per heavy atom. The second kappa shape index (κ2) is 8.79. The highest BCUT2D eigenvalue weighted by molar-refractivity contribution is 6.31. The number of hydrogen-bond acceptors (Lipinski definition) is 4. The number of rotatable bonds is 5. The summed E-state index contributed by atoms with van der Waals surface area (Å²) in [7, 11) is 0. The van der Waals surface area contributed by atoms with Crippen molar-refractivity contribution in [3.8, 4) is 11.5 Å². The Labute approximate surface area is 149 Å². The second-order valence-electron chi connectivity index (χ2n) is 5.07.